The molecule has 11 heteroatoms. The highest BCUT2D eigenvalue weighted by molar-refractivity contribution is 5.93. The average Bonchev–Trinajstić information content (AvgIpc) is 3.45. The monoisotopic (exact) mass is 466 g/mol. The summed E-state index contributed by atoms with van der Waals surface area (Å²) in [4.78, 5) is 22.5. The molecule has 4 aromatic rings. The normalized spacial score (nSPS) is 23.5. The quantitative estimate of drug-likeness (QED) is 0.206. The van der Waals surface area contributed by atoms with E-state index in [2.05, 4.69) is 33.5 Å². The van der Waals surface area contributed by atoms with E-state index in [4.69, 9.17) is 20.0 Å². The van der Waals surface area contributed by atoms with Crippen molar-refractivity contribution in [3.63, 3.8) is 0 Å². The van der Waals surface area contributed by atoms with E-state index in [1.807, 2.05) is 17.8 Å². The average molecular weight is 467 g/mol. The lowest BCUT2D eigenvalue weighted by atomic mass is 9.62. The van der Waals surface area contributed by atoms with E-state index in [9.17, 15) is 4.39 Å². The summed E-state index contributed by atoms with van der Waals surface area (Å²) in [5, 5.41) is 19.8. The summed E-state index contributed by atoms with van der Waals surface area (Å²) >= 11 is 0. The van der Waals surface area contributed by atoms with Gasteiger partial charge in [-0.1, -0.05) is 6.92 Å². The molecule has 2 atom stereocenters. The molecule has 0 spiro atoms. The summed E-state index contributed by atoms with van der Waals surface area (Å²) in [6, 6.07) is 3.90. The lowest BCUT2D eigenvalue weighted by Gasteiger charge is -2.47. The number of nitrogens with zero attached hydrogens (tertiary/aromatic N) is 5. The number of pyridine rings is 1. The Hall–Kier alpha value is -3.60. The molecule has 2 bridgehead atoms. The Labute approximate surface area is 195 Å². The Bertz CT molecular complexity index is 1330. The number of nitrogens with one attached hydrogen (secondary N) is 3. The lowest BCUT2D eigenvalue weighted by molar-refractivity contribution is -0.116. The molecule has 0 saturated heterocycles. The fourth-order valence-electron chi connectivity index (χ4n) is 5.56. The van der Waals surface area contributed by atoms with Crippen LogP contribution in [0.2, 0.25) is 0 Å². The van der Waals surface area contributed by atoms with E-state index >= 15 is 0 Å². The number of anilines is 1. The molecule has 178 valence electrons. The van der Waals surface area contributed by atoms with Crippen molar-refractivity contribution in [2.24, 2.45) is 24.8 Å². The topological polar surface area (TPSA) is 134 Å². The Morgan fingerprint density at radius 1 is 1.21 bits per heavy atom. The first-order chi connectivity index (χ1) is 16.5. The molecule has 7 rings (SSSR count). The number of amides is 1. The summed E-state index contributed by atoms with van der Waals surface area (Å²) in [5.74, 6) is 3.04. The number of rotatable bonds is 4. The third-order valence-electron chi connectivity index (χ3n) is 7.31. The van der Waals surface area contributed by atoms with Gasteiger partial charge in [0, 0.05) is 19.3 Å². The largest absolute Gasteiger partial charge is 0.366 e. The van der Waals surface area contributed by atoms with Gasteiger partial charge in [-0.2, -0.15) is 5.10 Å². The van der Waals surface area contributed by atoms with Crippen LogP contribution in [0.1, 0.15) is 32.6 Å². The van der Waals surface area contributed by atoms with Crippen LogP contribution in [-0.2, 0) is 11.8 Å². The van der Waals surface area contributed by atoms with Gasteiger partial charge in [-0.05, 0) is 55.6 Å². The van der Waals surface area contributed by atoms with Crippen molar-refractivity contribution in [3.05, 3.63) is 30.3 Å². The summed E-state index contributed by atoms with van der Waals surface area (Å²) in [6.45, 7) is 2.37. The summed E-state index contributed by atoms with van der Waals surface area (Å²) < 4.78 is 15.8. The van der Waals surface area contributed by atoms with Crippen molar-refractivity contribution in [1.82, 2.24) is 35.2 Å². The molecule has 0 aromatic carbocycles. The van der Waals surface area contributed by atoms with Crippen LogP contribution in [0.25, 0.3) is 33.6 Å². The van der Waals surface area contributed by atoms with Gasteiger partial charge in [0.1, 0.15) is 23.0 Å². The maximum absolute atomic E-state index is 13.8. The summed E-state index contributed by atoms with van der Waals surface area (Å²) in [7, 11) is 1.97. The first-order valence-electron chi connectivity index (χ1n) is 11.4. The van der Waals surface area contributed by atoms with E-state index in [0.29, 0.717) is 40.4 Å². The Morgan fingerprint density at radius 2 is 1.94 bits per heavy atom. The van der Waals surface area contributed by atoms with Crippen molar-refractivity contribution in [2.75, 3.05) is 5.32 Å². The van der Waals surface area contributed by atoms with Gasteiger partial charge < -0.3 is 9.88 Å². The summed E-state index contributed by atoms with van der Waals surface area (Å²) in [5.41, 5.74) is 3.12. The van der Waals surface area contributed by atoms with E-state index in [-0.39, 0.29) is 6.41 Å². The number of hydroxylamine groups is 1. The van der Waals surface area contributed by atoms with E-state index in [1.165, 1.54) is 43.4 Å². The standard InChI is InChI=1S/C22H24FN7.CH3NO2/c1-11-12-3-5-13(6-4-12)17(11)25-20-15-7-8-30(2)22(15)27-21(26-20)18-16-9-14(23)10-24-19(16)29-28-18;3-1-2-4/h7-13,17H,3-6H2,1-2H3,(H,24,28,29)(H,25,26,27);1,4H,(H,2,3). The molecule has 4 aromatic heterocycles. The number of aryl methyl sites for hydroxylation is 1. The van der Waals surface area contributed by atoms with Gasteiger partial charge in [0.15, 0.2) is 11.5 Å². The Balaban J connectivity index is 0.000000560. The molecule has 3 saturated carbocycles. The molecule has 10 nitrogen and oxygen atoms in total. The predicted octanol–water partition coefficient (Wildman–Crippen LogP) is 3.40. The van der Waals surface area contributed by atoms with Gasteiger partial charge in [-0.3, -0.25) is 15.1 Å². The number of hydrogen-bond donors (Lipinski definition) is 4. The second kappa shape index (κ2) is 8.98. The van der Waals surface area contributed by atoms with Crippen LogP contribution in [0.5, 0.6) is 0 Å². The second-order valence-corrected chi connectivity index (χ2v) is 9.13. The number of halogens is 1. The number of aromatic amines is 1. The number of carbonyl (C=O) groups is 1. The van der Waals surface area contributed by atoms with Crippen LogP contribution in [0.4, 0.5) is 10.2 Å². The Morgan fingerprint density at radius 3 is 2.65 bits per heavy atom. The first-order valence-corrected chi connectivity index (χ1v) is 11.4. The minimum atomic E-state index is -0.407. The van der Waals surface area contributed by atoms with E-state index < -0.39 is 5.82 Å². The third-order valence-corrected chi connectivity index (χ3v) is 7.31. The van der Waals surface area contributed by atoms with Gasteiger partial charge >= 0.3 is 0 Å². The molecule has 0 radical (unpaired) electrons. The maximum atomic E-state index is 13.8. The number of hydrogen-bond acceptors (Lipinski definition) is 7. The molecule has 4 heterocycles. The fourth-order valence-corrected chi connectivity index (χ4v) is 5.56. The highest BCUT2D eigenvalue weighted by Gasteiger charge is 2.41. The van der Waals surface area contributed by atoms with Crippen LogP contribution in [0.15, 0.2) is 24.5 Å². The van der Waals surface area contributed by atoms with Crippen molar-refractivity contribution < 1.29 is 14.4 Å². The molecular weight excluding hydrogens is 439 g/mol. The molecule has 2 unspecified atom stereocenters. The zero-order valence-corrected chi connectivity index (χ0v) is 19.0. The minimum absolute atomic E-state index is 0.181. The molecular formula is C23H27FN8O2. The van der Waals surface area contributed by atoms with Crippen LogP contribution in [-0.4, -0.2) is 47.4 Å². The summed E-state index contributed by atoms with van der Waals surface area (Å²) in [6.07, 6.45) is 8.62. The Kier molecular flexibility index (Phi) is 5.86. The smallest absolute Gasteiger partial charge is 0.230 e. The van der Waals surface area contributed by atoms with Crippen molar-refractivity contribution >= 4 is 34.3 Å². The fraction of sp³-hybridized carbons (Fsp3) is 0.435. The van der Waals surface area contributed by atoms with E-state index in [0.717, 1.165) is 22.8 Å². The molecule has 34 heavy (non-hydrogen) atoms. The first kappa shape index (κ1) is 22.2. The molecule has 0 aliphatic heterocycles. The molecule has 1 amide bonds. The van der Waals surface area contributed by atoms with Gasteiger partial charge in [-0.15, -0.1) is 0 Å². The van der Waals surface area contributed by atoms with Crippen LogP contribution in [0.3, 0.4) is 0 Å². The number of aromatic nitrogens is 6. The van der Waals surface area contributed by atoms with Gasteiger partial charge in [0.25, 0.3) is 0 Å². The minimum Gasteiger partial charge on any atom is -0.366 e. The van der Waals surface area contributed by atoms with Gasteiger partial charge in [0.2, 0.25) is 6.41 Å². The predicted molar refractivity (Wildman–Crippen MR) is 124 cm³/mol. The highest BCUT2D eigenvalue weighted by Crippen LogP contribution is 2.46. The number of H-pyrrole nitrogens is 1. The van der Waals surface area contributed by atoms with Crippen LogP contribution in [0, 0.1) is 23.6 Å². The van der Waals surface area contributed by atoms with Crippen LogP contribution >= 0.6 is 0 Å². The van der Waals surface area contributed by atoms with Gasteiger partial charge in [0.05, 0.1) is 17.0 Å². The van der Waals surface area contributed by atoms with Crippen LogP contribution < -0.4 is 10.8 Å². The molecule has 3 aliphatic carbocycles. The zero-order valence-electron chi connectivity index (χ0n) is 19.0. The molecule has 4 N–H and O–H groups in total. The third kappa shape index (κ3) is 3.85. The molecule has 3 fully saturated rings. The van der Waals surface area contributed by atoms with Gasteiger partial charge in [-0.25, -0.2) is 24.8 Å². The molecule has 3 aliphatic rings. The number of carbonyl (C=O) groups excluding carboxylic acids is 1. The second-order valence-electron chi connectivity index (χ2n) is 9.13. The van der Waals surface area contributed by atoms with Crippen molar-refractivity contribution in [2.45, 2.75) is 38.6 Å². The van der Waals surface area contributed by atoms with Crippen molar-refractivity contribution in [3.8, 4) is 11.5 Å². The maximum Gasteiger partial charge on any atom is 0.230 e. The lowest BCUT2D eigenvalue weighted by Crippen LogP contribution is -2.47. The van der Waals surface area contributed by atoms with Crippen molar-refractivity contribution in [1.29, 1.82) is 0 Å². The SMILES string of the molecule is CC1C2CCC(CC2)C1Nc1nc(-c2[nH]nc3ncc(F)cc23)nc2c1ccn2C.O=CNO. The zero-order chi connectivity index (χ0) is 23.8. The number of fused-ring (bicyclic) bond motifs is 5. The highest BCUT2D eigenvalue weighted by atomic mass is 19.1. The van der Waals surface area contributed by atoms with E-state index in [1.54, 1.807) is 0 Å².